The lowest BCUT2D eigenvalue weighted by Crippen LogP contribution is -2.32. The molecule has 5 N–H and O–H groups in total. The number of hydrogen-bond acceptors (Lipinski definition) is 4. The minimum Gasteiger partial charge on any atom is -0.401 e. The zero-order chi connectivity index (χ0) is 21.8. The Hall–Kier alpha value is -3.19. The van der Waals surface area contributed by atoms with Crippen LogP contribution in [0.25, 0.3) is 11.0 Å². The van der Waals surface area contributed by atoms with Gasteiger partial charge in [0.25, 0.3) is 5.91 Å². The van der Waals surface area contributed by atoms with Gasteiger partial charge in [-0.2, -0.15) is 0 Å². The van der Waals surface area contributed by atoms with Crippen LogP contribution in [0.5, 0.6) is 0 Å². The van der Waals surface area contributed by atoms with Gasteiger partial charge < -0.3 is 16.0 Å². The maximum atomic E-state index is 13.2. The van der Waals surface area contributed by atoms with Crippen molar-refractivity contribution in [3.05, 3.63) is 70.7 Å². The first-order chi connectivity index (χ1) is 15.0. The van der Waals surface area contributed by atoms with Crippen molar-refractivity contribution >= 4 is 22.9 Å². The van der Waals surface area contributed by atoms with Crippen LogP contribution in [-0.4, -0.2) is 29.0 Å². The number of aromatic nitrogens is 2. The maximum Gasteiger partial charge on any atom is 0.255 e. The fourth-order valence-electron chi connectivity index (χ4n) is 4.05. The van der Waals surface area contributed by atoms with Gasteiger partial charge in [-0.25, -0.2) is 9.37 Å². The maximum absolute atomic E-state index is 13.2. The molecule has 0 bridgehead atoms. The number of carbonyl (C=O) groups is 1. The van der Waals surface area contributed by atoms with Gasteiger partial charge in [-0.3, -0.25) is 10.1 Å². The number of halogens is 1. The quantitative estimate of drug-likeness (QED) is 0.455. The molecule has 0 aliphatic carbocycles. The largest absolute Gasteiger partial charge is 0.401 e. The molecular weight excluding hydrogens is 393 g/mol. The number of carbonyl (C=O) groups excluding carboxylic acids is 1. The van der Waals surface area contributed by atoms with E-state index < -0.39 is 0 Å². The molecule has 1 aliphatic heterocycles. The smallest absolute Gasteiger partial charge is 0.255 e. The molecule has 2 heterocycles. The number of rotatable bonds is 6. The predicted octanol–water partition coefficient (Wildman–Crippen LogP) is 3.79. The Morgan fingerprint density at radius 1 is 1.19 bits per heavy atom. The molecule has 4 rings (SSSR count). The van der Waals surface area contributed by atoms with E-state index in [1.54, 1.807) is 12.1 Å². The second-order valence-corrected chi connectivity index (χ2v) is 8.14. The van der Waals surface area contributed by atoms with E-state index in [-0.39, 0.29) is 17.6 Å². The highest BCUT2D eigenvalue weighted by Gasteiger charge is 2.23. The van der Waals surface area contributed by atoms with Crippen LogP contribution in [0.2, 0.25) is 0 Å². The number of anilines is 1. The van der Waals surface area contributed by atoms with Gasteiger partial charge in [-0.05, 0) is 81.1 Å². The average molecular weight is 422 g/mol. The van der Waals surface area contributed by atoms with Crippen molar-refractivity contribution in [3.8, 4) is 0 Å². The summed E-state index contributed by atoms with van der Waals surface area (Å²) in [4.78, 5) is 20.9. The van der Waals surface area contributed by atoms with Crippen LogP contribution in [0.3, 0.4) is 0 Å². The molecule has 1 aromatic heterocycles. The summed E-state index contributed by atoms with van der Waals surface area (Å²) in [5.74, 6) is 0.0667. The van der Waals surface area contributed by atoms with E-state index in [1.807, 2.05) is 25.1 Å². The molecule has 7 heteroatoms. The summed E-state index contributed by atoms with van der Waals surface area (Å²) in [6.07, 6.45) is 2.90. The lowest BCUT2D eigenvalue weighted by Gasteiger charge is -2.25. The van der Waals surface area contributed by atoms with E-state index in [0.717, 1.165) is 48.1 Å². The number of H-pyrrole nitrogens is 1. The number of imidazole rings is 1. The topological polar surface area (TPSA) is 95.8 Å². The third kappa shape index (κ3) is 5.11. The van der Waals surface area contributed by atoms with E-state index in [9.17, 15) is 9.18 Å². The van der Waals surface area contributed by atoms with Crippen LogP contribution in [0.4, 0.5) is 10.3 Å². The van der Waals surface area contributed by atoms with E-state index in [0.29, 0.717) is 30.1 Å². The minimum atomic E-state index is -0.272. The highest BCUT2D eigenvalue weighted by atomic mass is 19.1. The number of allylic oxidation sites excluding steroid dienone is 1. The Morgan fingerprint density at radius 3 is 2.68 bits per heavy atom. The summed E-state index contributed by atoms with van der Waals surface area (Å²) >= 11 is 0. The fraction of sp³-hybridized carbons (Fsp3) is 0.333. The highest BCUT2D eigenvalue weighted by Crippen LogP contribution is 2.24. The molecule has 3 aromatic rings. The number of nitrogens with two attached hydrogens (primary N) is 1. The van der Waals surface area contributed by atoms with Gasteiger partial charge in [-0.1, -0.05) is 18.2 Å². The molecule has 1 amide bonds. The number of aryl methyl sites for hydroxylation is 2. The monoisotopic (exact) mass is 421 g/mol. The van der Waals surface area contributed by atoms with E-state index >= 15 is 0 Å². The third-order valence-corrected chi connectivity index (χ3v) is 5.85. The van der Waals surface area contributed by atoms with E-state index in [4.69, 9.17) is 5.73 Å². The molecule has 0 atom stereocenters. The Morgan fingerprint density at radius 2 is 1.94 bits per heavy atom. The molecule has 0 spiro atoms. The van der Waals surface area contributed by atoms with Crippen molar-refractivity contribution in [2.24, 2.45) is 11.7 Å². The summed E-state index contributed by atoms with van der Waals surface area (Å²) in [7, 11) is 0. The second kappa shape index (κ2) is 9.31. The zero-order valence-electron chi connectivity index (χ0n) is 17.7. The number of nitrogens with zero attached hydrogens (tertiary/aromatic N) is 1. The minimum absolute atomic E-state index is 0.175. The van der Waals surface area contributed by atoms with E-state index in [2.05, 4.69) is 20.6 Å². The number of amides is 1. The summed E-state index contributed by atoms with van der Waals surface area (Å²) in [6.45, 7) is 3.79. The fourth-order valence-corrected chi connectivity index (χ4v) is 4.05. The Balaban J connectivity index is 1.56. The summed E-state index contributed by atoms with van der Waals surface area (Å²) in [5.41, 5.74) is 11.5. The van der Waals surface area contributed by atoms with Gasteiger partial charge in [0, 0.05) is 17.2 Å². The molecule has 162 valence electrons. The Bertz CT molecular complexity index is 1100. The lowest BCUT2D eigenvalue weighted by molar-refractivity contribution is -0.113. The highest BCUT2D eigenvalue weighted by molar-refractivity contribution is 6.04. The Labute approximate surface area is 181 Å². The summed E-state index contributed by atoms with van der Waals surface area (Å²) < 4.78 is 13.2. The molecule has 0 unspecified atom stereocenters. The molecule has 1 saturated heterocycles. The van der Waals surface area contributed by atoms with Gasteiger partial charge in [0.2, 0.25) is 5.95 Å². The van der Waals surface area contributed by atoms with Crippen molar-refractivity contribution in [2.45, 2.75) is 32.6 Å². The molecule has 6 nitrogen and oxygen atoms in total. The lowest BCUT2D eigenvalue weighted by atomic mass is 9.89. The van der Waals surface area contributed by atoms with E-state index in [1.165, 1.54) is 12.1 Å². The van der Waals surface area contributed by atoms with Crippen LogP contribution < -0.4 is 16.4 Å². The number of benzene rings is 2. The third-order valence-electron chi connectivity index (χ3n) is 5.85. The molecule has 1 aliphatic rings. The molecule has 0 radical (unpaired) electrons. The second-order valence-electron chi connectivity index (χ2n) is 8.14. The van der Waals surface area contributed by atoms with Gasteiger partial charge in [0.05, 0.1) is 11.0 Å². The first kappa shape index (κ1) is 21.1. The van der Waals surface area contributed by atoms with Crippen molar-refractivity contribution in [1.82, 2.24) is 15.3 Å². The molecular formula is C24H28FN5O. The zero-order valence-corrected chi connectivity index (χ0v) is 17.7. The average Bonchev–Trinajstić information content (AvgIpc) is 3.16. The number of fused-ring (bicyclic) bond motifs is 1. The molecule has 1 fully saturated rings. The number of aromatic amines is 1. The van der Waals surface area contributed by atoms with Crippen LogP contribution in [0, 0.1) is 18.7 Å². The normalized spacial score (nSPS) is 15.7. The summed E-state index contributed by atoms with van der Waals surface area (Å²) in [6, 6.07) is 12.3. The number of nitrogens with one attached hydrogen (secondary N) is 3. The summed E-state index contributed by atoms with van der Waals surface area (Å²) in [5, 5.41) is 6.23. The first-order valence-corrected chi connectivity index (χ1v) is 10.7. The standard InChI is InChI=1S/C24H28FN5O/c1-15-2-9-20-21(14-15)29-24(28-20)30-23(31)19(22(26)17-10-12-27-13-11-17)8-5-16-3-6-18(25)7-4-16/h2-4,6-7,9,14,17,27H,5,8,10-13,26H2,1H3,(H2,28,29,30,31)/b22-19-. The number of piperidine rings is 1. The van der Waals surface area contributed by atoms with Gasteiger partial charge in [0.15, 0.2) is 0 Å². The van der Waals surface area contributed by atoms with Crippen LogP contribution in [0.15, 0.2) is 53.7 Å². The van der Waals surface area contributed by atoms with Gasteiger partial charge in [0.1, 0.15) is 5.82 Å². The van der Waals surface area contributed by atoms with Gasteiger partial charge in [-0.15, -0.1) is 0 Å². The predicted molar refractivity (Wildman–Crippen MR) is 121 cm³/mol. The van der Waals surface area contributed by atoms with Crippen molar-refractivity contribution < 1.29 is 9.18 Å². The van der Waals surface area contributed by atoms with Crippen molar-refractivity contribution in [1.29, 1.82) is 0 Å². The Kier molecular flexibility index (Phi) is 6.32. The van der Waals surface area contributed by atoms with Crippen molar-refractivity contribution in [3.63, 3.8) is 0 Å². The van der Waals surface area contributed by atoms with Crippen LogP contribution >= 0.6 is 0 Å². The molecule has 31 heavy (non-hydrogen) atoms. The van der Waals surface area contributed by atoms with Crippen molar-refractivity contribution in [2.75, 3.05) is 18.4 Å². The van der Waals surface area contributed by atoms with Crippen LogP contribution in [0.1, 0.15) is 30.4 Å². The number of hydrogen-bond donors (Lipinski definition) is 4. The van der Waals surface area contributed by atoms with Gasteiger partial charge >= 0.3 is 0 Å². The first-order valence-electron chi connectivity index (χ1n) is 10.7. The SMILES string of the molecule is Cc1ccc2nc(NC(=O)/C(CCc3ccc(F)cc3)=C(\N)C3CCNCC3)[nH]c2c1. The molecule has 0 saturated carbocycles. The van der Waals surface area contributed by atoms with Crippen LogP contribution in [-0.2, 0) is 11.2 Å². The molecule has 2 aromatic carbocycles.